The molecule has 5 heteroatoms. The van der Waals surface area contributed by atoms with Crippen molar-refractivity contribution in [2.75, 3.05) is 6.26 Å². The predicted molar refractivity (Wildman–Crippen MR) is 68.2 cm³/mol. The van der Waals surface area contributed by atoms with Crippen molar-refractivity contribution in [1.82, 2.24) is 0 Å². The van der Waals surface area contributed by atoms with E-state index >= 15 is 0 Å². The standard InChI is InChI=1S/C10H11IO3S/c1-7-4-3-5-8(6-7)9(12)10(11)15(2,13)14/h3-6,10H,1-2H3/t10-/m1/s1. The van der Waals surface area contributed by atoms with Crippen molar-refractivity contribution >= 4 is 38.2 Å². The van der Waals surface area contributed by atoms with Gasteiger partial charge >= 0.3 is 0 Å². The van der Waals surface area contributed by atoms with Crippen molar-refractivity contribution in [3.05, 3.63) is 35.4 Å². The zero-order valence-electron chi connectivity index (χ0n) is 8.40. The number of Topliss-reactive ketones (excluding diaryl/α,β-unsaturated/α-hetero) is 1. The molecule has 82 valence electrons. The van der Waals surface area contributed by atoms with E-state index in [-0.39, 0.29) is 5.78 Å². The first kappa shape index (κ1) is 12.6. The summed E-state index contributed by atoms with van der Waals surface area (Å²) in [6.07, 6.45) is 1.07. The monoisotopic (exact) mass is 338 g/mol. The molecule has 0 saturated heterocycles. The summed E-state index contributed by atoms with van der Waals surface area (Å²) in [5, 5.41) is 0. The Morgan fingerprint density at radius 1 is 1.40 bits per heavy atom. The molecule has 1 atom stereocenters. The van der Waals surface area contributed by atoms with Crippen LogP contribution in [-0.4, -0.2) is 23.7 Å². The number of hydrogen-bond donors (Lipinski definition) is 0. The highest BCUT2D eigenvalue weighted by atomic mass is 127. The van der Waals surface area contributed by atoms with Crippen LogP contribution >= 0.6 is 22.6 Å². The lowest BCUT2D eigenvalue weighted by molar-refractivity contribution is 0.101. The molecule has 3 nitrogen and oxygen atoms in total. The van der Waals surface area contributed by atoms with Crippen LogP contribution in [0.3, 0.4) is 0 Å². The van der Waals surface area contributed by atoms with Gasteiger partial charge in [0.25, 0.3) is 0 Å². The average Bonchev–Trinajstić information content (AvgIpc) is 2.14. The minimum atomic E-state index is -3.33. The Balaban J connectivity index is 3.06. The normalized spacial score (nSPS) is 13.5. The molecule has 0 fully saturated rings. The van der Waals surface area contributed by atoms with Crippen molar-refractivity contribution in [1.29, 1.82) is 0 Å². The van der Waals surface area contributed by atoms with Gasteiger partial charge in [0.1, 0.15) is 0 Å². The van der Waals surface area contributed by atoms with Gasteiger partial charge in [-0.05, 0) is 13.0 Å². The molecule has 0 amide bonds. The smallest absolute Gasteiger partial charge is 0.190 e. The van der Waals surface area contributed by atoms with Crippen LogP contribution in [0.5, 0.6) is 0 Å². The third kappa shape index (κ3) is 3.27. The SMILES string of the molecule is Cc1cccc(C(=O)[C@H](I)S(C)(=O)=O)c1. The van der Waals surface area contributed by atoms with E-state index in [0.29, 0.717) is 5.56 Å². The van der Waals surface area contributed by atoms with E-state index in [0.717, 1.165) is 11.8 Å². The van der Waals surface area contributed by atoms with Crippen LogP contribution in [0.1, 0.15) is 15.9 Å². The summed E-state index contributed by atoms with van der Waals surface area (Å²) in [6.45, 7) is 1.86. The number of hydrogen-bond acceptors (Lipinski definition) is 3. The summed E-state index contributed by atoms with van der Waals surface area (Å²) in [5.41, 5.74) is 1.39. The molecule has 0 radical (unpaired) electrons. The second kappa shape index (κ2) is 4.61. The van der Waals surface area contributed by atoms with Gasteiger partial charge in [-0.15, -0.1) is 0 Å². The van der Waals surface area contributed by atoms with E-state index in [4.69, 9.17) is 0 Å². The van der Waals surface area contributed by atoms with E-state index < -0.39 is 13.1 Å². The number of aryl methyl sites for hydroxylation is 1. The Kier molecular flexibility index (Phi) is 3.88. The number of carbonyl (C=O) groups excluding carboxylic acids is 1. The second-order valence-electron chi connectivity index (χ2n) is 3.38. The van der Waals surface area contributed by atoms with E-state index in [9.17, 15) is 13.2 Å². The maximum atomic E-state index is 11.8. The lowest BCUT2D eigenvalue weighted by Gasteiger charge is -2.07. The molecule has 0 aliphatic carbocycles. The second-order valence-corrected chi connectivity index (χ2v) is 7.60. The molecular formula is C10H11IO3S. The van der Waals surface area contributed by atoms with E-state index in [2.05, 4.69) is 0 Å². The first-order chi connectivity index (χ1) is 6.82. The molecule has 0 bridgehead atoms. The van der Waals surface area contributed by atoms with Gasteiger partial charge in [0.15, 0.2) is 18.9 Å². The zero-order valence-corrected chi connectivity index (χ0v) is 11.4. The Morgan fingerprint density at radius 3 is 2.47 bits per heavy atom. The van der Waals surface area contributed by atoms with Gasteiger partial charge < -0.3 is 0 Å². The lowest BCUT2D eigenvalue weighted by Crippen LogP contribution is -2.23. The number of ketones is 1. The quantitative estimate of drug-likeness (QED) is 0.481. The van der Waals surface area contributed by atoms with Crippen LogP contribution in [0.2, 0.25) is 0 Å². The van der Waals surface area contributed by atoms with Gasteiger partial charge in [0, 0.05) is 11.8 Å². The van der Waals surface area contributed by atoms with E-state index in [1.165, 1.54) is 0 Å². The van der Waals surface area contributed by atoms with Crippen LogP contribution in [-0.2, 0) is 9.84 Å². The van der Waals surface area contributed by atoms with Crippen molar-refractivity contribution in [2.45, 2.75) is 10.2 Å². The fraction of sp³-hybridized carbons (Fsp3) is 0.300. The van der Waals surface area contributed by atoms with Gasteiger partial charge in [-0.3, -0.25) is 4.79 Å². The van der Waals surface area contributed by atoms with E-state index in [1.807, 2.05) is 13.0 Å². The van der Waals surface area contributed by atoms with Gasteiger partial charge in [-0.25, -0.2) is 8.42 Å². The number of halogens is 1. The van der Waals surface area contributed by atoms with Gasteiger partial charge in [0.2, 0.25) is 0 Å². The van der Waals surface area contributed by atoms with Crippen LogP contribution < -0.4 is 0 Å². The molecule has 1 aromatic rings. The maximum absolute atomic E-state index is 11.8. The highest BCUT2D eigenvalue weighted by Crippen LogP contribution is 2.16. The molecule has 15 heavy (non-hydrogen) atoms. The van der Waals surface area contributed by atoms with Crippen LogP contribution in [0.25, 0.3) is 0 Å². The molecule has 0 aliphatic heterocycles. The first-order valence-electron chi connectivity index (χ1n) is 4.26. The Morgan fingerprint density at radius 2 is 2.00 bits per heavy atom. The summed E-state index contributed by atoms with van der Waals surface area (Å²) in [6, 6.07) is 6.93. The third-order valence-corrected chi connectivity index (χ3v) is 6.19. The number of benzene rings is 1. The molecule has 0 aromatic heterocycles. The number of rotatable bonds is 3. The van der Waals surface area contributed by atoms with Gasteiger partial charge in [-0.2, -0.15) is 0 Å². The zero-order chi connectivity index (χ0) is 11.6. The van der Waals surface area contributed by atoms with Crippen molar-refractivity contribution in [3.63, 3.8) is 0 Å². The van der Waals surface area contributed by atoms with Gasteiger partial charge in [-0.1, -0.05) is 46.4 Å². The maximum Gasteiger partial charge on any atom is 0.190 e. The van der Waals surface area contributed by atoms with Crippen LogP contribution in [0.15, 0.2) is 24.3 Å². The molecular weight excluding hydrogens is 327 g/mol. The number of alkyl halides is 1. The first-order valence-corrected chi connectivity index (χ1v) is 7.46. The molecule has 0 heterocycles. The highest BCUT2D eigenvalue weighted by molar-refractivity contribution is 14.1. The molecule has 0 saturated carbocycles. The fourth-order valence-electron chi connectivity index (χ4n) is 1.12. The fourth-order valence-corrected chi connectivity index (χ4v) is 2.01. The molecule has 1 rings (SSSR count). The minimum Gasteiger partial charge on any atom is -0.292 e. The van der Waals surface area contributed by atoms with Crippen LogP contribution in [0, 0.1) is 6.92 Å². The Labute approximate surface area is 103 Å². The van der Waals surface area contributed by atoms with Crippen molar-refractivity contribution < 1.29 is 13.2 Å². The summed E-state index contributed by atoms with van der Waals surface area (Å²) in [4.78, 5) is 11.8. The van der Waals surface area contributed by atoms with Crippen molar-refractivity contribution in [2.24, 2.45) is 0 Å². The molecule has 0 spiro atoms. The van der Waals surface area contributed by atoms with Crippen LogP contribution in [0.4, 0.5) is 0 Å². The minimum absolute atomic E-state index is 0.359. The highest BCUT2D eigenvalue weighted by Gasteiger charge is 2.26. The number of sulfone groups is 1. The number of carbonyl (C=O) groups is 1. The average molecular weight is 338 g/mol. The van der Waals surface area contributed by atoms with Crippen molar-refractivity contribution in [3.8, 4) is 0 Å². The summed E-state index contributed by atoms with van der Waals surface area (Å²) < 4.78 is 21.4. The largest absolute Gasteiger partial charge is 0.292 e. The molecule has 1 aromatic carbocycles. The third-order valence-electron chi connectivity index (χ3n) is 1.88. The topological polar surface area (TPSA) is 51.2 Å². The lowest BCUT2D eigenvalue weighted by atomic mass is 10.1. The van der Waals surface area contributed by atoms with E-state index in [1.54, 1.807) is 40.8 Å². The predicted octanol–water partition coefficient (Wildman–Crippen LogP) is 1.98. The Bertz CT molecular complexity index is 479. The summed E-state index contributed by atoms with van der Waals surface area (Å²) in [5.74, 6) is -0.359. The summed E-state index contributed by atoms with van der Waals surface area (Å²) in [7, 11) is -3.33. The molecule has 0 aliphatic rings. The molecule has 0 unspecified atom stereocenters. The summed E-state index contributed by atoms with van der Waals surface area (Å²) >= 11 is 1.65. The Hall–Kier alpha value is -0.430. The van der Waals surface area contributed by atoms with Gasteiger partial charge in [0.05, 0.1) is 0 Å². The molecule has 0 N–H and O–H groups in total.